The number of hydrogen-bond donors (Lipinski definition) is 0. The fourth-order valence-electron chi connectivity index (χ4n) is 3.34. The maximum absolute atomic E-state index is 2.48. The molecule has 1 heterocycles. The number of aromatic nitrogens is 2. The first-order valence-corrected chi connectivity index (χ1v) is 10.0. The zero-order valence-electron chi connectivity index (χ0n) is 15.7. The summed E-state index contributed by atoms with van der Waals surface area (Å²) < 4.78 is 4.87. The van der Waals surface area contributed by atoms with E-state index < -0.39 is 0 Å². The van der Waals surface area contributed by atoms with Gasteiger partial charge in [0.1, 0.15) is 18.1 Å². The highest BCUT2D eigenvalue weighted by Crippen LogP contribution is 2.13. The van der Waals surface area contributed by atoms with Crippen molar-refractivity contribution in [2.75, 3.05) is 0 Å². The van der Waals surface area contributed by atoms with Gasteiger partial charge in [0.25, 0.3) is 5.82 Å². The first-order chi connectivity index (χ1) is 11.9. The van der Waals surface area contributed by atoms with Crippen molar-refractivity contribution >= 4 is 0 Å². The van der Waals surface area contributed by atoms with Gasteiger partial charge in [-0.05, 0) is 31.4 Å². The molecule has 132 valence electrons. The summed E-state index contributed by atoms with van der Waals surface area (Å²) in [5.74, 6) is 1.47. The molecule has 2 rings (SSSR count). The second kappa shape index (κ2) is 11.1. The van der Waals surface area contributed by atoms with Crippen molar-refractivity contribution < 1.29 is 4.57 Å². The fourth-order valence-corrected chi connectivity index (χ4v) is 3.34. The maximum atomic E-state index is 2.48. The Bertz CT molecular complexity index is 557. The van der Waals surface area contributed by atoms with Crippen LogP contribution in [-0.2, 0) is 13.0 Å². The van der Waals surface area contributed by atoms with Crippen molar-refractivity contribution in [1.82, 2.24) is 4.57 Å². The molecule has 2 aromatic rings. The zero-order chi connectivity index (χ0) is 17.0. The third kappa shape index (κ3) is 5.81. The molecule has 0 atom stereocenters. The van der Waals surface area contributed by atoms with Gasteiger partial charge in [-0.25, -0.2) is 4.57 Å². The topological polar surface area (TPSA) is 8.81 Å². The van der Waals surface area contributed by atoms with Crippen molar-refractivity contribution in [2.45, 2.75) is 84.6 Å². The number of para-hydroxylation sites is 1. The third-order valence-electron chi connectivity index (χ3n) is 4.80. The molecule has 2 nitrogen and oxygen atoms in total. The zero-order valence-corrected chi connectivity index (χ0v) is 15.7. The minimum Gasteiger partial charge on any atom is -0.234 e. The smallest absolute Gasteiger partial charge is 0.234 e. The normalized spacial score (nSPS) is 11.1. The lowest BCUT2D eigenvalue weighted by Crippen LogP contribution is -2.37. The molecule has 2 heteroatoms. The van der Waals surface area contributed by atoms with Crippen LogP contribution in [0.4, 0.5) is 0 Å². The van der Waals surface area contributed by atoms with Crippen molar-refractivity contribution in [2.24, 2.45) is 0 Å². The highest BCUT2D eigenvalue weighted by atomic mass is 15.1. The lowest BCUT2D eigenvalue weighted by atomic mass is 10.1. The van der Waals surface area contributed by atoms with E-state index in [0.29, 0.717) is 0 Å². The number of unbranched alkanes of at least 4 members (excludes halogenated alkanes) is 7. The van der Waals surface area contributed by atoms with Crippen molar-refractivity contribution in [1.29, 1.82) is 0 Å². The number of nitrogens with zero attached hydrogens (tertiary/aromatic N) is 2. The summed E-state index contributed by atoms with van der Waals surface area (Å²) in [6, 6.07) is 10.8. The highest BCUT2D eigenvalue weighted by Gasteiger charge is 2.17. The van der Waals surface area contributed by atoms with E-state index in [1.54, 1.807) is 0 Å². The van der Waals surface area contributed by atoms with Gasteiger partial charge in [0.15, 0.2) is 0 Å². The highest BCUT2D eigenvalue weighted by molar-refractivity contribution is 5.31. The molecule has 0 radical (unpaired) electrons. The van der Waals surface area contributed by atoms with Crippen molar-refractivity contribution in [3.63, 3.8) is 0 Å². The van der Waals surface area contributed by atoms with Gasteiger partial charge in [-0.3, -0.25) is 0 Å². The van der Waals surface area contributed by atoms with Gasteiger partial charge < -0.3 is 0 Å². The summed E-state index contributed by atoms with van der Waals surface area (Å²) in [5.41, 5.74) is 1.28. The summed E-state index contributed by atoms with van der Waals surface area (Å²) in [4.78, 5) is 0. The Kier molecular flexibility index (Phi) is 8.65. The van der Waals surface area contributed by atoms with Crippen LogP contribution in [0.1, 0.15) is 77.5 Å². The lowest BCUT2D eigenvalue weighted by Gasteiger charge is -2.06. The Balaban J connectivity index is 2.01. The van der Waals surface area contributed by atoms with Gasteiger partial charge in [0, 0.05) is 6.42 Å². The quantitative estimate of drug-likeness (QED) is 0.341. The first kappa shape index (κ1) is 18.8. The van der Waals surface area contributed by atoms with Crippen molar-refractivity contribution in [3.8, 4) is 5.69 Å². The molecular formula is C22H35N2+. The van der Waals surface area contributed by atoms with Gasteiger partial charge in [-0.15, -0.1) is 0 Å². The molecule has 0 N–H and O–H groups in total. The summed E-state index contributed by atoms with van der Waals surface area (Å²) in [6.07, 6.45) is 17.7. The standard InChI is InChI=1S/C22H35N2/c1-3-5-7-8-9-13-17-22-23(18-14-6-4-2)19-20-24(22)21-15-11-10-12-16-21/h10-12,15-16,19-20H,3-9,13-14,17-18H2,1-2H3/q+1. The second-order valence-corrected chi connectivity index (χ2v) is 6.84. The van der Waals surface area contributed by atoms with Crippen LogP contribution in [0.25, 0.3) is 5.69 Å². The number of imidazole rings is 1. The Labute approximate surface area is 148 Å². The summed E-state index contributed by atoms with van der Waals surface area (Å²) in [6.45, 7) is 5.71. The molecular weight excluding hydrogens is 292 g/mol. The number of benzene rings is 1. The van der Waals surface area contributed by atoms with E-state index >= 15 is 0 Å². The molecule has 24 heavy (non-hydrogen) atoms. The van der Waals surface area contributed by atoms with Crippen LogP contribution in [0.15, 0.2) is 42.7 Å². The van der Waals surface area contributed by atoms with Gasteiger partial charge in [0.2, 0.25) is 0 Å². The molecule has 0 amide bonds. The van der Waals surface area contributed by atoms with Gasteiger partial charge >= 0.3 is 0 Å². The van der Waals surface area contributed by atoms with E-state index in [1.807, 2.05) is 0 Å². The molecule has 0 aliphatic heterocycles. The number of hydrogen-bond acceptors (Lipinski definition) is 0. The van der Waals surface area contributed by atoms with Crippen LogP contribution in [0.5, 0.6) is 0 Å². The molecule has 1 aromatic carbocycles. The van der Waals surface area contributed by atoms with Crippen LogP contribution in [0, 0.1) is 0 Å². The molecule has 0 aliphatic rings. The van der Waals surface area contributed by atoms with E-state index in [9.17, 15) is 0 Å². The number of rotatable bonds is 12. The monoisotopic (exact) mass is 327 g/mol. The largest absolute Gasteiger partial charge is 0.261 e. The Morgan fingerprint density at radius 3 is 2.21 bits per heavy atom. The first-order valence-electron chi connectivity index (χ1n) is 10.0. The Morgan fingerprint density at radius 2 is 1.46 bits per heavy atom. The van der Waals surface area contributed by atoms with Crippen LogP contribution in [-0.4, -0.2) is 4.57 Å². The maximum Gasteiger partial charge on any atom is 0.261 e. The van der Waals surface area contributed by atoms with E-state index in [-0.39, 0.29) is 0 Å². The Morgan fingerprint density at radius 1 is 0.792 bits per heavy atom. The van der Waals surface area contributed by atoms with Crippen molar-refractivity contribution in [3.05, 3.63) is 48.5 Å². The summed E-state index contributed by atoms with van der Waals surface area (Å²) >= 11 is 0. The SMILES string of the molecule is CCCCCCCCc1n(-c2ccccc2)cc[n+]1CCCCC. The van der Waals surface area contributed by atoms with Crippen LogP contribution >= 0.6 is 0 Å². The van der Waals surface area contributed by atoms with Gasteiger partial charge in [-0.2, -0.15) is 4.57 Å². The fraction of sp³-hybridized carbons (Fsp3) is 0.591. The summed E-state index contributed by atoms with van der Waals surface area (Å²) in [7, 11) is 0. The number of aryl methyl sites for hydroxylation is 1. The molecule has 0 unspecified atom stereocenters. The van der Waals surface area contributed by atoms with Gasteiger partial charge in [-0.1, -0.05) is 70.6 Å². The Hall–Kier alpha value is -1.57. The predicted octanol–water partition coefficient (Wildman–Crippen LogP) is 5.86. The van der Waals surface area contributed by atoms with Crippen LogP contribution in [0.2, 0.25) is 0 Å². The van der Waals surface area contributed by atoms with Crippen LogP contribution < -0.4 is 4.57 Å². The molecule has 0 fully saturated rings. The van der Waals surface area contributed by atoms with E-state index in [0.717, 1.165) is 6.54 Å². The molecule has 0 saturated carbocycles. The average molecular weight is 328 g/mol. The van der Waals surface area contributed by atoms with E-state index in [1.165, 1.54) is 75.7 Å². The van der Waals surface area contributed by atoms with Gasteiger partial charge in [0.05, 0.1) is 6.54 Å². The molecule has 0 bridgehead atoms. The predicted molar refractivity (Wildman–Crippen MR) is 103 cm³/mol. The molecule has 0 aliphatic carbocycles. The van der Waals surface area contributed by atoms with E-state index in [2.05, 4.69) is 65.7 Å². The molecule has 0 spiro atoms. The molecule has 1 aromatic heterocycles. The summed E-state index contributed by atoms with van der Waals surface area (Å²) in [5, 5.41) is 0. The minimum atomic E-state index is 1.15. The lowest BCUT2D eigenvalue weighted by molar-refractivity contribution is -0.704. The average Bonchev–Trinajstić information content (AvgIpc) is 3.02. The third-order valence-corrected chi connectivity index (χ3v) is 4.80. The van der Waals surface area contributed by atoms with Crippen LogP contribution in [0.3, 0.4) is 0 Å². The van der Waals surface area contributed by atoms with E-state index in [4.69, 9.17) is 0 Å². The minimum absolute atomic E-state index is 1.15. The molecule has 0 saturated heterocycles. The second-order valence-electron chi connectivity index (χ2n) is 6.84.